The highest BCUT2D eigenvalue weighted by Crippen LogP contribution is 2.60. The zero-order chi connectivity index (χ0) is 30.6. The predicted molar refractivity (Wildman–Crippen MR) is 171 cm³/mol. The lowest BCUT2D eigenvalue weighted by atomic mass is 9.59. The van der Waals surface area contributed by atoms with Crippen LogP contribution in [-0.2, 0) is 19.7 Å². The number of imide groups is 1. The van der Waals surface area contributed by atoms with Crippen molar-refractivity contribution in [2.75, 3.05) is 4.90 Å². The van der Waals surface area contributed by atoms with Crippen LogP contribution in [0.15, 0.2) is 73.0 Å². The van der Waals surface area contributed by atoms with E-state index < -0.39 is 35.0 Å². The van der Waals surface area contributed by atoms with Gasteiger partial charge in [0.05, 0.1) is 17.5 Å². The second-order valence-corrected chi connectivity index (χ2v) is 13.6. The lowest BCUT2D eigenvalue weighted by Crippen LogP contribution is -2.59. The monoisotopic (exact) mass is 718 g/mol. The molecule has 3 aromatic rings. The molecule has 2 aliphatic heterocycles. The summed E-state index contributed by atoms with van der Waals surface area (Å²) >= 11 is 15.1. The van der Waals surface area contributed by atoms with E-state index in [2.05, 4.69) is 34.5 Å². The fourth-order valence-electron chi connectivity index (χ4n) is 5.89. The number of carbonyl (C=O) groups is 3. The first kappa shape index (κ1) is 30.4. The Morgan fingerprint density at radius 1 is 1.07 bits per heavy atom. The zero-order valence-electron chi connectivity index (χ0n) is 23.5. The van der Waals surface area contributed by atoms with Crippen molar-refractivity contribution in [3.8, 4) is 5.75 Å². The van der Waals surface area contributed by atoms with E-state index >= 15 is 4.79 Å². The second-order valence-electron chi connectivity index (χ2n) is 11.4. The van der Waals surface area contributed by atoms with Gasteiger partial charge in [-0.15, -0.1) is 0 Å². The number of anilines is 1. The molecule has 1 spiro atoms. The molecule has 0 aliphatic carbocycles. The molecule has 218 valence electrons. The Morgan fingerprint density at radius 2 is 1.79 bits per heavy atom. The molecule has 0 bridgehead atoms. The van der Waals surface area contributed by atoms with E-state index in [9.17, 15) is 9.59 Å². The van der Waals surface area contributed by atoms with Crippen LogP contribution in [0.3, 0.4) is 0 Å². The van der Waals surface area contributed by atoms with Gasteiger partial charge in [-0.1, -0.05) is 48.0 Å². The lowest BCUT2D eigenvalue weighted by Gasteiger charge is -2.47. The van der Waals surface area contributed by atoms with Gasteiger partial charge >= 0.3 is 6.09 Å². The lowest BCUT2D eigenvalue weighted by molar-refractivity contribution is -0.132. The van der Waals surface area contributed by atoms with Crippen LogP contribution < -0.4 is 15.0 Å². The Morgan fingerprint density at radius 3 is 2.45 bits per heavy atom. The summed E-state index contributed by atoms with van der Waals surface area (Å²) in [4.78, 5) is 43.4. The van der Waals surface area contributed by atoms with Gasteiger partial charge in [-0.25, -0.2) is 9.69 Å². The number of carbonyl (C=O) groups excluding carboxylic acids is 3. The summed E-state index contributed by atoms with van der Waals surface area (Å²) in [6, 6.07) is 16.7. The van der Waals surface area contributed by atoms with Crippen LogP contribution in [0.1, 0.15) is 62.8 Å². The maximum atomic E-state index is 15.1. The van der Waals surface area contributed by atoms with Crippen LogP contribution >= 0.6 is 45.8 Å². The summed E-state index contributed by atoms with van der Waals surface area (Å²) in [5.41, 5.74) is -0.328. The number of benzene rings is 3. The van der Waals surface area contributed by atoms with Crippen LogP contribution in [0, 0.1) is 3.57 Å². The smallest absolute Gasteiger partial charge is 0.421 e. The predicted octanol–water partition coefficient (Wildman–Crippen LogP) is 8.07. The van der Waals surface area contributed by atoms with E-state index in [4.69, 9.17) is 32.7 Å². The first-order valence-electron chi connectivity index (χ1n) is 13.3. The fourth-order valence-corrected chi connectivity index (χ4v) is 6.77. The summed E-state index contributed by atoms with van der Waals surface area (Å²) in [6.07, 6.45) is -0.873. The van der Waals surface area contributed by atoms with Crippen molar-refractivity contribution in [1.29, 1.82) is 0 Å². The van der Waals surface area contributed by atoms with Crippen molar-refractivity contribution in [3.63, 3.8) is 0 Å². The summed E-state index contributed by atoms with van der Waals surface area (Å²) in [5, 5.41) is 3.89. The maximum Gasteiger partial charge on any atom is 0.421 e. The normalized spacial score (nSPS) is 21.6. The van der Waals surface area contributed by atoms with Gasteiger partial charge < -0.3 is 14.8 Å². The highest BCUT2D eigenvalue weighted by molar-refractivity contribution is 14.1. The van der Waals surface area contributed by atoms with Gasteiger partial charge in [0.1, 0.15) is 16.8 Å². The Labute approximate surface area is 268 Å². The number of fused-ring (bicyclic) bond motifs is 2. The van der Waals surface area contributed by atoms with E-state index in [0.29, 0.717) is 43.9 Å². The summed E-state index contributed by atoms with van der Waals surface area (Å²) in [6.45, 7) is 10.8. The molecule has 10 heteroatoms. The first-order chi connectivity index (χ1) is 19.7. The minimum Gasteiger partial charge on any atom is -0.462 e. The number of allylic oxidation sites excluding steroid dienone is 1. The van der Waals surface area contributed by atoms with E-state index in [1.54, 1.807) is 70.2 Å². The van der Waals surface area contributed by atoms with Crippen LogP contribution in [0.4, 0.5) is 10.5 Å². The van der Waals surface area contributed by atoms with Crippen LogP contribution in [0.25, 0.3) is 0 Å². The average Bonchev–Trinajstić information content (AvgIpc) is 3.12. The summed E-state index contributed by atoms with van der Waals surface area (Å²) in [7, 11) is 0. The third-order valence-corrected chi connectivity index (χ3v) is 8.44. The molecule has 3 amide bonds. The molecule has 2 heterocycles. The van der Waals surface area contributed by atoms with Gasteiger partial charge in [0.15, 0.2) is 0 Å². The summed E-state index contributed by atoms with van der Waals surface area (Å²) in [5.74, 6) is -0.678. The van der Waals surface area contributed by atoms with Crippen molar-refractivity contribution >= 4 is 69.4 Å². The molecule has 3 atom stereocenters. The molecule has 5 rings (SSSR count). The van der Waals surface area contributed by atoms with Crippen LogP contribution in [-0.4, -0.2) is 23.5 Å². The van der Waals surface area contributed by atoms with Crippen LogP contribution in [0.5, 0.6) is 5.75 Å². The van der Waals surface area contributed by atoms with E-state index in [-0.39, 0.29) is 12.3 Å². The molecule has 1 N–H and O–H groups in total. The Bertz CT molecular complexity index is 1640. The third kappa shape index (κ3) is 5.40. The molecule has 2 aliphatic rings. The SMILES string of the molecule is C=C(C)Oc1ccc(I)cc1[C@H]1NC(=O)C[C@@H](c2cccc(Cl)c2)[C@]12C(=O)N(C(=O)OC(C)(C)C)c1cc(Cl)ccc12. The van der Waals surface area contributed by atoms with Gasteiger partial charge in [-0.3, -0.25) is 9.59 Å². The molecule has 0 unspecified atom stereocenters. The van der Waals surface area contributed by atoms with Crippen LogP contribution in [0.2, 0.25) is 10.0 Å². The highest BCUT2D eigenvalue weighted by Gasteiger charge is 2.65. The molecular weight excluding hydrogens is 690 g/mol. The summed E-state index contributed by atoms with van der Waals surface area (Å²) < 4.78 is 12.6. The Hall–Kier alpha value is -3.08. The molecule has 1 fully saturated rings. The standard InChI is InChI=1S/C32H29Cl2IN2O5/c1-17(2)41-26-12-10-21(35)15-22(26)28-32(24(16-27(38)36-28)18-7-6-8-19(33)13-18)23-11-9-20(34)14-25(23)37(29(32)39)30(40)42-31(3,4)5/h6-15,24,28H,1,16H2,2-5H3,(H,36,38)/t24-,28+,32-/m0/s1. The number of ether oxygens (including phenoxy) is 2. The van der Waals surface area contributed by atoms with Gasteiger partial charge in [0.2, 0.25) is 11.8 Å². The minimum absolute atomic E-state index is 0.0343. The maximum absolute atomic E-state index is 15.1. The zero-order valence-corrected chi connectivity index (χ0v) is 27.1. The molecule has 0 radical (unpaired) electrons. The highest BCUT2D eigenvalue weighted by atomic mass is 127. The fraction of sp³-hybridized carbons (Fsp3) is 0.281. The first-order valence-corrected chi connectivity index (χ1v) is 15.1. The number of piperidine rings is 1. The van der Waals surface area contributed by atoms with E-state index in [1.165, 1.54) is 0 Å². The number of hydrogen-bond donors (Lipinski definition) is 1. The van der Waals surface area contributed by atoms with Crippen molar-refractivity contribution in [2.45, 2.75) is 57.1 Å². The molecule has 0 aromatic heterocycles. The quantitative estimate of drug-likeness (QED) is 0.218. The van der Waals surface area contributed by atoms with E-state index in [1.807, 2.05) is 18.2 Å². The number of rotatable bonds is 4. The Kier molecular flexibility index (Phi) is 8.10. The third-order valence-electron chi connectivity index (χ3n) is 7.30. The molecule has 0 saturated carbocycles. The van der Waals surface area contributed by atoms with Crippen molar-refractivity contribution in [2.24, 2.45) is 0 Å². The molecular formula is C32H29Cl2IN2O5. The number of nitrogens with one attached hydrogen (secondary N) is 1. The number of halogens is 3. The average molecular weight is 719 g/mol. The van der Waals surface area contributed by atoms with E-state index in [0.717, 1.165) is 8.47 Å². The molecule has 3 aromatic carbocycles. The Balaban J connectivity index is 1.86. The van der Waals surface area contributed by atoms with Gasteiger partial charge in [0, 0.05) is 31.5 Å². The number of amides is 3. The van der Waals surface area contributed by atoms with Gasteiger partial charge in [0.25, 0.3) is 0 Å². The van der Waals surface area contributed by atoms with Crippen molar-refractivity contribution in [1.82, 2.24) is 5.32 Å². The van der Waals surface area contributed by atoms with Gasteiger partial charge in [-0.2, -0.15) is 0 Å². The number of hydrogen-bond acceptors (Lipinski definition) is 5. The van der Waals surface area contributed by atoms with Crippen molar-refractivity contribution < 1.29 is 23.9 Å². The topological polar surface area (TPSA) is 84.9 Å². The minimum atomic E-state index is -1.51. The molecule has 7 nitrogen and oxygen atoms in total. The van der Waals surface area contributed by atoms with Crippen molar-refractivity contribution in [3.05, 3.63) is 103 Å². The second kappa shape index (κ2) is 11.2. The molecule has 42 heavy (non-hydrogen) atoms. The molecule has 1 saturated heterocycles. The largest absolute Gasteiger partial charge is 0.462 e. The van der Waals surface area contributed by atoms with Gasteiger partial charge in [-0.05, 0) is 104 Å². The number of nitrogens with zero attached hydrogens (tertiary/aromatic N) is 1.